The zero-order valence-corrected chi connectivity index (χ0v) is 35.1. The van der Waals surface area contributed by atoms with Crippen molar-refractivity contribution in [2.45, 2.75) is 101 Å². The van der Waals surface area contributed by atoms with Crippen molar-refractivity contribution in [3.63, 3.8) is 0 Å². The molecular weight excluding hydrogens is 819 g/mol. The van der Waals surface area contributed by atoms with Crippen LogP contribution in [0.1, 0.15) is 79.8 Å². The lowest BCUT2D eigenvalue weighted by molar-refractivity contribution is -0.332. The number of carbonyl (C=O) groups excluding carboxylic acids is 7. The Morgan fingerprint density at radius 3 is 1.98 bits per heavy atom. The van der Waals surface area contributed by atoms with Gasteiger partial charge < -0.3 is 38.6 Å². The van der Waals surface area contributed by atoms with Crippen molar-refractivity contribution < 1.29 is 72.2 Å². The van der Waals surface area contributed by atoms with Crippen LogP contribution >= 0.6 is 0 Å². The molecule has 11 atom stereocenters. The topological polar surface area (TPSA) is 219 Å². The molecule has 63 heavy (non-hydrogen) atoms. The number of aliphatic hydroxyl groups is 2. The summed E-state index contributed by atoms with van der Waals surface area (Å²) >= 11 is 0. The molecule has 8 rings (SSSR count). The maximum absolute atomic E-state index is 15.2. The summed E-state index contributed by atoms with van der Waals surface area (Å²) in [5.74, 6) is -8.41. The zero-order chi connectivity index (χ0) is 45.2. The third-order valence-electron chi connectivity index (χ3n) is 13.4. The van der Waals surface area contributed by atoms with Gasteiger partial charge in [0.15, 0.2) is 17.5 Å². The van der Waals surface area contributed by atoms with Crippen LogP contribution in [0.3, 0.4) is 0 Å². The highest BCUT2D eigenvalue weighted by atomic mass is 16.6. The first-order chi connectivity index (χ1) is 29.9. The molecule has 2 heterocycles. The average Bonchev–Trinajstić information content (AvgIpc) is 3.60. The van der Waals surface area contributed by atoms with E-state index in [4.69, 9.17) is 28.4 Å². The summed E-state index contributed by atoms with van der Waals surface area (Å²) in [5, 5.41) is 25.5. The van der Waals surface area contributed by atoms with Gasteiger partial charge in [0.2, 0.25) is 6.10 Å². The van der Waals surface area contributed by atoms with Gasteiger partial charge in [-0.2, -0.15) is 0 Å². The number of hydrogen-bond acceptors (Lipinski definition) is 15. The second-order valence-electron chi connectivity index (χ2n) is 17.3. The van der Waals surface area contributed by atoms with Gasteiger partial charge in [0.1, 0.15) is 30.0 Å². The Bertz CT molecular complexity index is 2380. The number of cyclic esters (lactones) is 1. The van der Waals surface area contributed by atoms with Gasteiger partial charge in [-0.05, 0) is 47.9 Å². The van der Waals surface area contributed by atoms with Crippen molar-refractivity contribution in [2.75, 3.05) is 6.61 Å². The van der Waals surface area contributed by atoms with Gasteiger partial charge in [-0.25, -0.2) is 19.3 Å². The molecule has 0 spiro atoms. The Morgan fingerprint density at radius 2 is 1.41 bits per heavy atom. The Hall–Kier alpha value is -6.23. The highest BCUT2D eigenvalue weighted by Gasteiger charge is 2.75. The average molecular weight is 866 g/mol. The van der Waals surface area contributed by atoms with Crippen LogP contribution in [0.2, 0.25) is 0 Å². The van der Waals surface area contributed by atoms with Crippen LogP contribution in [0.4, 0.5) is 4.79 Å². The maximum Gasteiger partial charge on any atom is 0.418 e. The van der Waals surface area contributed by atoms with E-state index in [1.807, 2.05) is 0 Å². The second-order valence-corrected chi connectivity index (χ2v) is 17.3. The van der Waals surface area contributed by atoms with E-state index in [1.165, 1.54) is 31.2 Å². The molecule has 2 bridgehead atoms. The number of amides is 2. The Morgan fingerprint density at radius 1 is 0.810 bits per heavy atom. The number of benzene rings is 3. The summed E-state index contributed by atoms with van der Waals surface area (Å²) in [7, 11) is 0. The Balaban J connectivity index is 1.27. The predicted octanol–water partition coefficient (Wildman–Crippen LogP) is 4.22. The molecular formula is C47H47NO15. The monoisotopic (exact) mass is 865 g/mol. The van der Waals surface area contributed by atoms with Crippen LogP contribution in [-0.2, 0) is 47.6 Å². The summed E-state index contributed by atoms with van der Waals surface area (Å²) in [5.41, 5.74) is -5.05. The second kappa shape index (κ2) is 16.2. The summed E-state index contributed by atoms with van der Waals surface area (Å²) in [6.07, 6.45) is -11.2. The molecule has 2 aliphatic heterocycles. The van der Waals surface area contributed by atoms with E-state index >= 15 is 4.79 Å². The predicted molar refractivity (Wildman–Crippen MR) is 216 cm³/mol. The fraction of sp³-hybridized carbons (Fsp3) is 0.426. The number of imide groups is 1. The third kappa shape index (κ3) is 7.09. The fourth-order valence-electron chi connectivity index (χ4n) is 10.4. The number of carbonyl (C=O) groups is 7. The standard InChI is InChI=1S/C47H47NO15/c1-24-31(60-43(55)39-36(27-15-9-6-10-16-27)48(44(56)61-39)41(53)28-17-11-7-12-18-28)22-47(57)40(62-42(54)29-19-13-8-14-20-29)35-33(30(51)21-32-46(35,23-58-32)63-26(3)50)37(52)38(59-25(2)49)34(24)45(47,4)5/h6-20,30-33,35-36,38-40,51,57H,21-23H2,1-5H3/t30-,31-,32+,33+,35+,36-,38+,39+,40-,46-,47+/m0/s1. The number of aliphatic hydroxyl groups excluding tert-OH is 1. The third-order valence-corrected chi connectivity index (χ3v) is 13.4. The normalized spacial score (nSPS) is 32.9. The lowest BCUT2D eigenvalue weighted by Gasteiger charge is -2.64. The molecule has 3 aromatic rings. The quantitative estimate of drug-likeness (QED) is 0.184. The molecule has 16 nitrogen and oxygen atoms in total. The van der Waals surface area contributed by atoms with Gasteiger partial charge >= 0.3 is 30.0 Å². The Labute approximate surface area is 362 Å². The molecule has 330 valence electrons. The number of nitrogens with zero attached hydrogens (tertiary/aromatic N) is 1. The SMILES string of the molecule is CC(=O)O[C@H]1C(=O)[C@H]2[C@H]([C@H](OC(=O)c3ccccc3)[C@]3(O)C[C@H](OC(=O)[C@@H]4OC(=O)N(C(=O)c5ccccc5)[C@H]4c4ccccc4)C(C)=C1C3(C)C)[C@]1(OC(C)=O)CO[C@@H]1C[C@@H]2O. The largest absolute Gasteiger partial charge is 0.455 e. The highest BCUT2D eigenvalue weighted by Crippen LogP contribution is 2.61. The van der Waals surface area contributed by atoms with Crippen molar-refractivity contribution in [1.82, 2.24) is 4.90 Å². The number of fused-ring (bicyclic) bond motifs is 5. The van der Waals surface area contributed by atoms with Crippen molar-refractivity contribution in [3.05, 3.63) is 119 Å². The molecule has 3 aliphatic carbocycles. The van der Waals surface area contributed by atoms with Crippen LogP contribution in [0.25, 0.3) is 0 Å². The molecule has 0 aromatic heterocycles. The number of hydrogen-bond donors (Lipinski definition) is 2. The van der Waals surface area contributed by atoms with E-state index in [0.29, 0.717) is 5.56 Å². The minimum Gasteiger partial charge on any atom is -0.455 e. The van der Waals surface area contributed by atoms with E-state index in [-0.39, 0.29) is 35.3 Å². The van der Waals surface area contributed by atoms with Crippen molar-refractivity contribution >= 4 is 41.7 Å². The number of Topliss-reactive ketones (excluding diaryl/α,β-unsaturated/α-hetero) is 1. The first kappa shape index (κ1) is 43.4. The zero-order valence-electron chi connectivity index (χ0n) is 35.1. The number of esters is 4. The molecule has 2 saturated heterocycles. The molecule has 2 saturated carbocycles. The minimum absolute atomic E-state index is 0.00177. The first-order valence-corrected chi connectivity index (χ1v) is 20.7. The number of ketones is 1. The summed E-state index contributed by atoms with van der Waals surface area (Å²) in [4.78, 5) is 98.3. The van der Waals surface area contributed by atoms with Gasteiger partial charge in [-0.1, -0.05) is 80.6 Å². The van der Waals surface area contributed by atoms with Crippen molar-refractivity contribution in [3.8, 4) is 0 Å². The maximum atomic E-state index is 15.2. The van der Waals surface area contributed by atoms with Crippen LogP contribution in [0.15, 0.2) is 102 Å². The lowest BCUT2D eigenvalue weighted by Crippen LogP contribution is -2.79. The van der Waals surface area contributed by atoms with E-state index in [9.17, 15) is 39.0 Å². The van der Waals surface area contributed by atoms with Crippen LogP contribution in [0, 0.1) is 17.3 Å². The molecule has 2 amide bonds. The number of rotatable bonds is 8. The van der Waals surface area contributed by atoms with Crippen molar-refractivity contribution in [2.24, 2.45) is 17.3 Å². The summed E-state index contributed by atoms with van der Waals surface area (Å²) in [6.45, 7) is 6.56. The highest BCUT2D eigenvalue weighted by molar-refractivity contribution is 6.05. The molecule has 16 heteroatoms. The molecule has 3 aromatic carbocycles. The van der Waals surface area contributed by atoms with E-state index in [0.717, 1.165) is 18.7 Å². The first-order valence-electron chi connectivity index (χ1n) is 20.7. The fourth-order valence-corrected chi connectivity index (χ4v) is 10.4. The van der Waals surface area contributed by atoms with Crippen LogP contribution < -0.4 is 0 Å². The molecule has 0 radical (unpaired) electrons. The van der Waals surface area contributed by atoms with E-state index in [1.54, 1.807) is 80.6 Å². The van der Waals surface area contributed by atoms with Gasteiger partial charge in [0.05, 0.1) is 30.1 Å². The van der Waals surface area contributed by atoms with Gasteiger partial charge in [-0.15, -0.1) is 0 Å². The van der Waals surface area contributed by atoms with Gasteiger partial charge in [0.25, 0.3) is 5.91 Å². The minimum atomic E-state index is -2.38. The van der Waals surface area contributed by atoms with Gasteiger partial charge in [0, 0.05) is 37.7 Å². The molecule has 5 aliphatic rings. The van der Waals surface area contributed by atoms with Crippen LogP contribution in [-0.4, -0.2) is 111 Å². The van der Waals surface area contributed by atoms with Gasteiger partial charge in [-0.3, -0.25) is 19.2 Å². The molecule has 0 unspecified atom stereocenters. The molecule has 2 N–H and O–H groups in total. The Kier molecular flexibility index (Phi) is 11.1. The summed E-state index contributed by atoms with van der Waals surface area (Å²) in [6, 6.07) is 22.7. The van der Waals surface area contributed by atoms with E-state index in [2.05, 4.69) is 0 Å². The lowest BCUT2D eigenvalue weighted by atomic mass is 9.48. The summed E-state index contributed by atoms with van der Waals surface area (Å²) < 4.78 is 35.9. The smallest absolute Gasteiger partial charge is 0.418 e. The van der Waals surface area contributed by atoms with E-state index < -0.39 is 119 Å². The molecule has 4 fully saturated rings. The van der Waals surface area contributed by atoms with Crippen molar-refractivity contribution in [1.29, 1.82) is 0 Å². The van der Waals surface area contributed by atoms with Crippen LogP contribution in [0.5, 0.6) is 0 Å². The number of ether oxygens (including phenoxy) is 6.